The van der Waals surface area contributed by atoms with Gasteiger partial charge >= 0.3 is 6.18 Å². The highest BCUT2D eigenvalue weighted by Crippen LogP contribution is 2.24. The van der Waals surface area contributed by atoms with Gasteiger partial charge in [0.05, 0.1) is 0 Å². The van der Waals surface area contributed by atoms with Crippen molar-refractivity contribution in [2.24, 2.45) is 0 Å². The number of hydrogen-bond donors (Lipinski definition) is 0. The van der Waals surface area contributed by atoms with Crippen molar-refractivity contribution < 1.29 is 18.0 Å². The number of thiazole rings is 1. The predicted molar refractivity (Wildman–Crippen MR) is 40.2 cm³/mol. The lowest BCUT2D eigenvalue weighted by molar-refractivity contribution is -0.0885. The molecule has 0 unspecified atom stereocenters. The van der Waals surface area contributed by atoms with E-state index in [-0.39, 0.29) is 4.60 Å². The average Bonchev–Trinajstić information content (AvgIpc) is 2.32. The number of Topliss-reactive ketones (excluding diaryl/α,β-unsaturated/α-hetero) is 1. The van der Waals surface area contributed by atoms with Crippen LogP contribution < -0.4 is 0 Å². The second-order valence-corrected chi connectivity index (χ2v) is 3.47. The summed E-state index contributed by atoms with van der Waals surface area (Å²) >= 11 is 3.50. The number of aromatic nitrogens is 1. The molecule has 0 aliphatic rings. The smallest absolute Gasteiger partial charge is 0.281 e. The van der Waals surface area contributed by atoms with E-state index >= 15 is 0 Å². The molecule has 0 aliphatic heterocycles. The van der Waals surface area contributed by atoms with Crippen molar-refractivity contribution in [2.45, 2.75) is 6.18 Å². The van der Waals surface area contributed by atoms with Crippen LogP contribution in [-0.2, 0) is 0 Å². The highest BCUT2D eigenvalue weighted by atomic mass is 79.9. The van der Waals surface area contributed by atoms with Crippen molar-refractivity contribution in [3.63, 3.8) is 0 Å². The molecule has 1 aromatic heterocycles. The molecule has 66 valence electrons. The zero-order chi connectivity index (χ0) is 9.35. The zero-order valence-electron chi connectivity index (χ0n) is 5.35. The summed E-state index contributed by atoms with van der Waals surface area (Å²) in [5, 5.41) is 0.772. The monoisotopic (exact) mass is 259 g/mol. The lowest BCUT2D eigenvalue weighted by atomic mass is 10.4. The Morgan fingerprint density at radius 2 is 2.17 bits per heavy atom. The second kappa shape index (κ2) is 3.14. The molecule has 0 radical (unpaired) electrons. The summed E-state index contributed by atoms with van der Waals surface area (Å²) in [5.41, 5.74) is 0. The van der Waals surface area contributed by atoms with E-state index in [1.54, 1.807) is 0 Å². The van der Waals surface area contributed by atoms with Gasteiger partial charge in [0.25, 0.3) is 5.78 Å². The molecule has 0 spiro atoms. The average molecular weight is 260 g/mol. The van der Waals surface area contributed by atoms with Crippen LogP contribution in [0.2, 0.25) is 0 Å². The third kappa shape index (κ3) is 2.04. The Morgan fingerprint density at radius 1 is 1.58 bits per heavy atom. The summed E-state index contributed by atoms with van der Waals surface area (Å²) in [5.74, 6) is -1.90. The second-order valence-electron chi connectivity index (χ2n) is 1.80. The van der Waals surface area contributed by atoms with Crippen molar-refractivity contribution in [1.29, 1.82) is 0 Å². The molecule has 12 heavy (non-hydrogen) atoms. The van der Waals surface area contributed by atoms with Gasteiger partial charge in [-0.25, -0.2) is 4.98 Å². The van der Waals surface area contributed by atoms with Gasteiger partial charge in [0.2, 0.25) is 0 Å². The van der Waals surface area contributed by atoms with Crippen LogP contribution in [-0.4, -0.2) is 16.9 Å². The van der Waals surface area contributed by atoms with E-state index in [9.17, 15) is 18.0 Å². The van der Waals surface area contributed by atoms with E-state index in [4.69, 9.17) is 0 Å². The first kappa shape index (κ1) is 9.66. The lowest BCUT2D eigenvalue weighted by Gasteiger charge is -1.99. The van der Waals surface area contributed by atoms with Gasteiger partial charge in [-0.1, -0.05) is 0 Å². The summed E-state index contributed by atoms with van der Waals surface area (Å²) in [7, 11) is 0. The Labute approximate surface area is 77.5 Å². The molecule has 0 aromatic carbocycles. The fraction of sp³-hybridized carbons (Fsp3) is 0.200. The number of alkyl halides is 3. The Bertz CT molecular complexity index is 308. The molecule has 0 aliphatic carbocycles. The van der Waals surface area contributed by atoms with Gasteiger partial charge in [0, 0.05) is 5.38 Å². The van der Waals surface area contributed by atoms with Crippen LogP contribution in [0.3, 0.4) is 0 Å². The van der Waals surface area contributed by atoms with Crippen LogP contribution in [0.25, 0.3) is 0 Å². The van der Waals surface area contributed by atoms with Crippen molar-refractivity contribution in [3.05, 3.63) is 15.0 Å². The maximum Gasteiger partial charge on any atom is 0.457 e. The summed E-state index contributed by atoms with van der Waals surface area (Å²) in [6.45, 7) is 0. The maximum atomic E-state index is 11.7. The van der Waals surface area contributed by atoms with E-state index in [0.717, 1.165) is 0 Å². The number of halogens is 4. The molecule has 0 bridgehead atoms. The summed E-state index contributed by atoms with van der Waals surface area (Å²) in [4.78, 5) is 13.8. The van der Waals surface area contributed by atoms with Gasteiger partial charge in [0.1, 0.15) is 4.60 Å². The molecule has 0 atom stereocenters. The van der Waals surface area contributed by atoms with Gasteiger partial charge < -0.3 is 0 Å². The summed E-state index contributed by atoms with van der Waals surface area (Å²) in [6, 6.07) is 0. The molecule has 0 saturated heterocycles. The molecule has 0 N–H and O–H groups in total. The van der Waals surface area contributed by atoms with E-state index < -0.39 is 17.0 Å². The van der Waals surface area contributed by atoms with Gasteiger partial charge in [0.15, 0.2) is 5.01 Å². The van der Waals surface area contributed by atoms with Gasteiger partial charge in [-0.15, -0.1) is 11.3 Å². The Balaban J connectivity index is 2.93. The molecule has 1 rings (SSSR count). The SMILES string of the molecule is O=C(c1nc(Br)cs1)C(F)(F)F. The highest BCUT2D eigenvalue weighted by Gasteiger charge is 2.41. The number of hydrogen-bond acceptors (Lipinski definition) is 3. The summed E-state index contributed by atoms with van der Waals surface area (Å²) in [6.07, 6.45) is -4.84. The first-order chi connectivity index (χ1) is 5.41. The Hall–Kier alpha value is -0.430. The van der Waals surface area contributed by atoms with Gasteiger partial charge in [-0.05, 0) is 15.9 Å². The lowest BCUT2D eigenvalue weighted by Crippen LogP contribution is -2.22. The van der Waals surface area contributed by atoms with Crippen LogP contribution in [0, 0.1) is 0 Å². The fourth-order valence-corrected chi connectivity index (χ4v) is 1.69. The predicted octanol–water partition coefficient (Wildman–Crippen LogP) is 2.65. The first-order valence-electron chi connectivity index (χ1n) is 2.64. The molecular weight excluding hydrogens is 259 g/mol. The van der Waals surface area contributed by atoms with E-state index in [0.29, 0.717) is 11.3 Å². The molecule has 0 saturated carbocycles. The number of rotatable bonds is 1. The summed E-state index contributed by atoms with van der Waals surface area (Å²) < 4.78 is 35.5. The molecule has 7 heteroatoms. The third-order valence-electron chi connectivity index (χ3n) is 0.928. The quantitative estimate of drug-likeness (QED) is 0.726. The van der Waals surface area contributed by atoms with Crippen LogP contribution in [0.1, 0.15) is 9.80 Å². The van der Waals surface area contributed by atoms with Crippen LogP contribution in [0.5, 0.6) is 0 Å². The topological polar surface area (TPSA) is 30.0 Å². The standard InChI is InChI=1S/C5HBrF3NOS/c6-2-1-12-4(10-2)3(11)5(7,8)9/h1H. The van der Waals surface area contributed by atoms with E-state index in [1.807, 2.05) is 0 Å². The highest BCUT2D eigenvalue weighted by molar-refractivity contribution is 9.10. The largest absolute Gasteiger partial charge is 0.457 e. The number of carbonyl (C=O) groups is 1. The normalized spacial score (nSPS) is 11.7. The molecule has 0 fully saturated rings. The van der Waals surface area contributed by atoms with Crippen LogP contribution >= 0.6 is 27.3 Å². The number of ketones is 1. The molecular formula is C5HBrF3NOS. The minimum absolute atomic E-state index is 0.236. The fourth-order valence-electron chi connectivity index (χ4n) is 0.480. The minimum Gasteiger partial charge on any atom is -0.281 e. The van der Waals surface area contributed by atoms with E-state index in [2.05, 4.69) is 20.9 Å². The zero-order valence-corrected chi connectivity index (χ0v) is 7.76. The Morgan fingerprint density at radius 3 is 2.50 bits per heavy atom. The van der Waals surface area contributed by atoms with E-state index in [1.165, 1.54) is 5.38 Å². The molecule has 0 amide bonds. The molecule has 1 heterocycles. The third-order valence-corrected chi connectivity index (χ3v) is 2.48. The Kier molecular flexibility index (Phi) is 2.52. The van der Waals surface area contributed by atoms with Crippen molar-refractivity contribution >= 4 is 33.0 Å². The van der Waals surface area contributed by atoms with Crippen molar-refractivity contribution in [1.82, 2.24) is 4.98 Å². The van der Waals surface area contributed by atoms with Gasteiger partial charge in [-0.2, -0.15) is 13.2 Å². The first-order valence-corrected chi connectivity index (χ1v) is 4.31. The van der Waals surface area contributed by atoms with Crippen molar-refractivity contribution in [2.75, 3.05) is 0 Å². The van der Waals surface area contributed by atoms with Crippen LogP contribution in [0.4, 0.5) is 13.2 Å². The number of carbonyl (C=O) groups excluding carboxylic acids is 1. The van der Waals surface area contributed by atoms with Gasteiger partial charge in [-0.3, -0.25) is 4.79 Å². The molecule has 2 nitrogen and oxygen atoms in total. The van der Waals surface area contributed by atoms with Crippen LogP contribution in [0.15, 0.2) is 9.98 Å². The minimum atomic E-state index is -4.84. The molecule has 1 aromatic rings. The number of nitrogens with zero attached hydrogens (tertiary/aromatic N) is 1. The van der Waals surface area contributed by atoms with Crippen molar-refractivity contribution in [3.8, 4) is 0 Å². The maximum absolute atomic E-state index is 11.7.